The van der Waals surface area contributed by atoms with Gasteiger partial charge < -0.3 is 37.0 Å². The first-order valence-electron chi connectivity index (χ1n) is 19.6. The maximum Gasteiger partial charge on any atom is 0.331 e. The van der Waals surface area contributed by atoms with E-state index in [-0.39, 0.29) is 42.4 Å². The molecule has 1 aromatic carbocycles. The molecule has 2 fully saturated rings. The Labute approximate surface area is 324 Å². The molecule has 0 bridgehead atoms. The average molecular weight is 758 g/mol. The molecule has 2 saturated carbocycles. The third-order valence-corrected chi connectivity index (χ3v) is 15.2. The zero-order valence-corrected chi connectivity index (χ0v) is 33.1. The third kappa shape index (κ3) is 5.99. The maximum absolute atomic E-state index is 15.1. The van der Waals surface area contributed by atoms with E-state index in [0.29, 0.717) is 24.0 Å². The molecule has 0 heterocycles. The summed E-state index contributed by atoms with van der Waals surface area (Å²) in [7, 11) is 0. The van der Waals surface area contributed by atoms with E-state index in [1.165, 1.54) is 13.0 Å². The number of carboxylic acids is 1. The van der Waals surface area contributed by atoms with Crippen LogP contribution in [-0.4, -0.2) is 79.5 Å². The summed E-state index contributed by atoms with van der Waals surface area (Å²) in [6.07, 6.45) is 5.11. The zero-order chi connectivity index (χ0) is 40.6. The molecule has 1 aromatic rings. The van der Waals surface area contributed by atoms with Gasteiger partial charge in [0, 0.05) is 63.9 Å². The minimum absolute atomic E-state index is 0.0377. The Kier molecular flexibility index (Phi) is 10.3. The number of nitrogens with two attached hydrogens (primary N) is 2. The van der Waals surface area contributed by atoms with Gasteiger partial charge in [0.05, 0.1) is 30.5 Å². The first kappa shape index (κ1) is 40.8. The number of carbonyl (C=O) groups is 3. The minimum atomic E-state index is -1.38. The lowest BCUT2D eigenvalue weighted by atomic mass is 9.38. The average Bonchev–Trinajstić information content (AvgIpc) is 3.26. The van der Waals surface area contributed by atoms with E-state index >= 15 is 4.79 Å². The van der Waals surface area contributed by atoms with E-state index in [1.807, 2.05) is 83.2 Å². The highest BCUT2D eigenvalue weighted by Gasteiger charge is 2.76. The molecule has 0 aliphatic heterocycles. The van der Waals surface area contributed by atoms with Gasteiger partial charge in [-0.3, -0.25) is 9.59 Å². The summed E-state index contributed by atoms with van der Waals surface area (Å²) in [6.45, 7) is 13.2. The minimum Gasteiger partial charge on any atom is -0.478 e. The molecule has 9 N–H and O–H groups in total. The molecular formula is C44H59N3O8. The Hall–Kier alpha value is -3.90. The van der Waals surface area contributed by atoms with Crippen molar-refractivity contribution in [2.45, 2.75) is 111 Å². The van der Waals surface area contributed by atoms with Crippen molar-refractivity contribution in [2.24, 2.45) is 67.2 Å². The van der Waals surface area contributed by atoms with Crippen molar-refractivity contribution in [3.8, 4) is 0 Å². The lowest BCUT2D eigenvalue weighted by Crippen LogP contribution is -2.64. The molecule has 0 amide bonds. The number of hydrogen-bond acceptors (Lipinski definition) is 8. The van der Waals surface area contributed by atoms with Gasteiger partial charge in [-0.05, 0) is 54.2 Å². The fraction of sp³-hybridized carbons (Fsp3) is 0.591. The molecule has 0 aromatic heterocycles. The number of guanidine groups is 1. The summed E-state index contributed by atoms with van der Waals surface area (Å²) in [5, 5.41) is 57.3. The van der Waals surface area contributed by atoms with Crippen molar-refractivity contribution in [1.29, 1.82) is 0 Å². The highest BCUT2D eigenvalue weighted by Crippen LogP contribution is 2.77. The summed E-state index contributed by atoms with van der Waals surface area (Å²) < 4.78 is 0. The molecule has 13 atom stereocenters. The first-order valence-corrected chi connectivity index (χ1v) is 19.6. The zero-order valence-electron chi connectivity index (χ0n) is 33.1. The molecule has 298 valence electrons. The maximum atomic E-state index is 15.1. The van der Waals surface area contributed by atoms with Crippen molar-refractivity contribution >= 4 is 29.6 Å². The van der Waals surface area contributed by atoms with E-state index in [9.17, 15) is 35.1 Å². The summed E-state index contributed by atoms with van der Waals surface area (Å²) in [4.78, 5) is 45.4. The van der Waals surface area contributed by atoms with E-state index in [2.05, 4.69) is 11.9 Å². The summed E-state index contributed by atoms with van der Waals surface area (Å²) in [6, 6.07) is 8.96. The van der Waals surface area contributed by atoms with Crippen molar-refractivity contribution in [3.63, 3.8) is 0 Å². The van der Waals surface area contributed by atoms with Crippen LogP contribution in [0.25, 0.3) is 6.08 Å². The van der Waals surface area contributed by atoms with Gasteiger partial charge >= 0.3 is 5.97 Å². The quantitative estimate of drug-likeness (QED) is 0.0862. The molecule has 6 rings (SSSR count). The van der Waals surface area contributed by atoms with Crippen LogP contribution in [0.3, 0.4) is 0 Å². The summed E-state index contributed by atoms with van der Waals surface area (Å²) >= 11 is 0. The number of carbonyl (C=O) groups excluding carboxylic acids is 2. The number of benzene rings is 1. The van der Waals surface area contributed by atoms with Crippen LogP contribution >= 0.6 is 0 Å². The third-order valence-electron chi connectivity index (χ3n) is 15.2. The second-order valence-corrected chi connectivity index (χ2v) is 18.3. The largest absolute Gasteiger partial charge is 0.478 e. The van der Waals surface area contributed by atoms with Gasteiger partial charge in [0.1, 0.15) is 5.78 Å². The number of aliphatic hydroxyl groups excluding tert-OH is 4. The molecule has 0 radical (unpaired) electrons. The molecule has 11 heteroatoms. The number of aliphatic hydroxyl groups is 4. The number of Topliss-reactive ketones (excluding diaryl/α,β-unsaturated/α-hetero) is 2. The number of aliphatic carboxylic acids is 1. The SMILES string of the molecule is C[C@H](O)C/C(=C\[C@@H](O)[C@H]1[C@@H](C)[C@@]2(C=C[C@H]1N=C(N)N)C[C@H](O)[C@@]1(C)C3=C(C(=O)C[C@]21C)[C@@]1(C)CCC(=O)C(C)(C)[C@H]1[C@H](/C=C/c1ccccc1)[C@H]3O)C(=O)O. The number of aliphatic imine (C=N–C) groups is 1. The molecule has 55 heavy (non-hydrogen) atoms. The molecular weight excluding hydrogens is 698 g/mol. The van der Waals surface area contributed by atoms with Gasteiger partial charge in [-0.15, -0.1) is 0 Å². The van der Waals surface area contributed by atoms with Gasteiger partial charge in [0.2, 0.25) is 0 Å². The van der Waals surface area contributed by atoms with Crippen LogP contribution in [0.1, 0.15) is 86.1 Å². The van der Waals surface area contributed by atoms with E-state index < -0.39 is 87.2 Å². The molecule has 0 unspecified atom stereocenters. The molecule has 5 aliphatic rings. The standard InChI is InChI=1S/C44H59N3O8/c1-23(48)19-26(38(54)55)20-29(49)33-24(2)44(18-15-28(33)47-39(45)46)22-32(52)43(7)35-34(30(50)21-42(43,44)6)41(5)17-16-31(51)40(3,4)37(41)27(36(35)53)14-13-25-11-9-8-10-12-25/h8-15,18,20,23-24,27-29,32-33,36-37,48-49,52-53H,16-17,19,21-22H2,1-7H3,(H,54,55)(H4,45,46,47)/b14-13+,26-20+/t23-,24+,27+,28+,29+,32-,33-,36+,37+,41+,42-,43-,44+/m0/s1. The number of fused-ring (bicyclic) bond motifs is 5. The van der Waals surface area contributed by atoms with Crippen molar-refractivity contribution in [1.82, 2.24) is 0 Å². The number of nitrogens with zero attached hydrogens (tertiary/aromatic N) is 1. The Balaban J connectivity index is 1.55. The predicted octanol–water partition coefficient (Wildman–Crippen LogP) is 4.34. The van der Waals surface area contributed by atoms with Crippen LogP contribution in [0, 0.1) is 50.7 Å². The van der Waals surface area contributed by atoms with Gasteiger partial charge in [-0.25, -0.2) is 9.79 Å². The molecule has 11 nitrogen and oxygen atoms in total. The van der Waals surface area contributed by atoms with E-state index in [4.69, 9.17) is 11.5 Å². The Bertz CT molecular complexity index is 1890. The topological polar surface area (TPSA) is 217 Å². The van der Waals surface area contributed by atoms with Gasteiger partial charge in [0.15, 0.2) is 11.7 Å². The fourth-order valence-corrected chi connectivity index (χ4v) is 12.5. The van der Waals surface area contributed by atoms with Crippen molar-refractivity contribution < 1.29 is 39.9 Å². The number of ketones is 2. The number of carboxylic acid groups (broad SMARTS) is 1. The molecule has 0 saturated heterocycles. The molecule has 5 aliphatic carbocycles. The van der Waals surface area contributed by atoms with Crippen LogP contribution in [0.15, 0.2) is 76.3 Å². The van der Waals surface area contributed by atoms with Crippen LogP contribution in [0.4, 0.5) is 0 Å². The van der Waals surface area contributed by atoms with Crippen molar-refractivity contribution in [2.75, 3.05) is 0 Å². The Morgan fingerprint density at radius 2 is 1.71 bits per heavy atom. The summed E-state index contributed by atoms with van der Waals surface area (Å²) in [5.41, 5.74) is 8.82. The number of allylic oxidation sites excluding steroid dienone is 2. The number of hydrogen-bond donors (Lipinski definition) is 7. The van der Waals surface area contributed by atoms with E-state index in [0.717, 1.165) is 5.56 Å². The fourth-order valence-electron chi connectivity index (χ4n) is 12.5. The Morgan fingerprint density at radius 1 is 1.05 bits per heavy atom. The highest BCUT2D eigenvalue weighted by atomic mass is 16.4. The number of rotatable bonds is 8. The highest BCUT2D eigenvalue weighted by molar-refractivity contribution is 6.01. The second-order valence-electron chi connectivity index (χ2n) is 18.3. The van der Waals surface area contributed by atoms with Crippen molar-refractivity contribution in [3.05, 3.63) is 76.9 Å². The molecule has 1 spiro atoms. The lowest BCUT2D eigenvalue weighted by molar-refractivity contribution is -0.152. The van der Waals surface area contributed by atoms with E-state index in [1.54, 1.807) is 6.08 Å². The van der Waals surface area contributed by atoms with Gasteiger partial charge in [-0.2, -0.15) is 0 Å². The van der Waals surface area contributed by atoms with Crippen LogP contribution in [0.2, 0.25) is 0 Å². The lowest BCUT2D eigenvalue weighted by Gasteiger charge is -2.65. The normalized spacial score (nSPS) is 40.8. The van der Waals surface area contributed by atoms with Gasteiger partial charge in [-0.1, -0.05) is 96.2 Å². The second kappa shape index (κ2) is 13.9. The summed E-state index contributed by atoms with van der Waals surface area (Å²) in [5.74, 6) is -3.81. The van der Waals surface area contributed by atoms with Gasteiger partial charge in [0.25, 0.3) is 0 Å². The predicted molar refractivity (Wildman–Crippen MR) is 210 cm³/mol. The smallest absolute Gasteiger partial charge is 0.331 e. The van der Waals surface area contributed by atoms with Crippen LogP contribution in [0.5, 0.6) is 0 Å². The Morgan fingerprint density at radius 3 is 2.31 bits per heavy atom. The van der Waals surface area contributed by atoms with Crippen LogP contribution < -0.4 is 11.5 Å². The monoisotopic (exact) mass is 757 g/mol. The first-order chi connectivity index (χ1) is 25.6. The van der Waals surface area contributed by atoms with Crippen LogP contribution in [-0.2, 0) is 14.4 Å².